The van der Waals surface area contributed by atoms with Crippen molar-refractivity contribution in [3.05, 3.63) is 29.3 Å². The summed E-state index contributed by atoms with van der Waals surface area (Å²) in [5.41, 5.74) is 10.0. The van der Waals surface area contributed by atoms with Crippen LogP contribution in [0.1, 0.15) is 23.6 Å². The van der Waals surface area contributed by atoms with Gasteiger partial charge in [0.2, 0.25) is 0 Å². The minimum Gasteiger partial charge on any atom is -0.378 e. The van der Waals surface area contributed by atoms with Gasteiger partial charge in [-0.15, -0.1) is 0 Å². The molecule has 1 atom stereocenters. The molecule has 1 aromatic carbocycles. The maximum absolute atomic E-state index is 6.00. The van der Waals surface area contributed by atoms with Crippen molar-refractivity contribution >= 4 is 5.69 Å². The van der Waals surface area contributed by atoms with Crippen molar-refractivity contribution in [3.63, 3.8) is 0 Å². The molecule has 0 spiro atoms. The molecule has 0 unspecified atom stereocenters. The van der Waals surface area contributed by atoms with E-state index < -0.39 is 0 Å². The number of nitrogens with zero attached hydrogens (tertiary/aromatic N) is 1. The summed E-state index contributed by atoms with van der Waals surface area (Å²) in [7, 11) is 4.12. The highest BCUT2D eigenvalue weighted by molar-refractivity contribution is 5.52. The normalized spacial score (nSPS) is 20.1. The molecule has 0 fully saturated rings. The number of hydrogen-bond acceptors (Lipinski definition) is 2. The zero-order valence-electron chi connectivity index (χ0n) is 8.25. The van der Waals surface area contributed by atoms with Gasteiger partial charge >= 0.3 is 0 Å². The van der Waals surface area contributed by atoms with Gasteiger partial charge in [0.25, 0.3) is 0 Å². The average Bonchev–Trinajstić information content (AvgIpc) is 2.47. The smallest absolute Gasteiger partial charge is 0.0364 e. The van der Waals surface area contributed by atoms with Gasteiger partial charge in [-0.1, -0.05) is 6.07 Å². The molecule has 0 amide bonds. The molecule has 2 rings (SSSR count). The summed E-state index contributed by atoms with van der Waals surface area (Å²) in [6, 6.07) is 6.84. The molecule has 0 saturated heterocycles. The standard InChI is InChI=1S/C11H16N2/c1-13(2)9-5-3-8-4-6-11(12)10(8)7-9/h3,5,7,11H,4,6,12H2,1-2H3/t11-/m0/s1. The lowest BCUT2D eigenvalue weighted by atomic mass is 10.1. The van der Waals surface area contributed by atoms with Crippen molar-refractivity contribution in [1.82, 2.24) is 0 Å². The molecular weight excluding hydrogens is 160 g/mol. The molecule has 2 nitrogen and oxygen atoms in total. The Bertz CT molecular complexity index is 318. The van der Waals surface area contributed by atoms with E-state index >= 15 is 0 Å². The molecule has 1 aliphatic carbocycles. The van der Waals surface area contributed by atoms with Crippen molar-refractivity contribution in [3.8, 4) is 0 Å². The summed E-state index contributed by atoms with van der Waals surface area (Å²) in [5, 5.41) is 0. The van der Waals surface area contributed by atoms with Gasteiger partial charge in [0, 0.05) is 25.8 Å². The maximum atomic E-state index is 6.00. The van der Waals surface area contributed by atoms with E-state index in [2.05, 4.69) is 37.2 Å². The molecular formula is C11H16N2. The number of rotatable bonds is 1. The van der Waals surface area contributed by atoms with Gasteiger partial charge in [-0.25, -0.2) is 0 Å². The van der Waals surface area contributed by atoms with Crippen LogP contribution in [0.4, 0.5) is 5.69 Å². The second-order valence-electron chi connectivity index (χ2n) is 3.92. The van der Waals surface area contributed by atoms with Crippen LogP contribution in [0.15, 0.2) is 18.2 Å². The first-order valence-electron chi connectivity index (χ1n) is 4.74. The number of nitrogens with two attached hydrogens (primary N) is 1. The van der Waals surface area contributed by atoms with Crippen LogP contribution in [0.3, 0.4) is 0 Å². The van der Waals surface area contributed by atoms with Crippen LogP contribution >= 0.6 is 0 Å². The Morgan fingerprint density at radius 2 is 2.15 bits per heavy atom. The van der Waals surface area contributed by atoms with E-state index in [4.69, 9.17) is 5.73 Å². The van der Waals surface area contributed by atoms with E-state index in [1.54, 1.807) is 0 Å². The quantitative estimate of drug-likeness (QED) is 0.705. The number of aryl methyl sites for hydroxylation is 1. The molecule has 0 heterocycles. The number of fused-ring (bicyclic) bond motifs is 1. The van der Waals surface area contributed by atoms with Gasteiger partial charge in [-0.2, -0.15) is 0 Å². The summed E-state index contributed by atoms with van der Waals surface area (Å²) in [5.74, 6) is 0. The second kappa shape index (κ2) is 3.04. The monoisotopic (exact) mass is 176 g/mol. The first-order valence-corrected chi connectivity index (χ1v) is 4.74. The lowest BCUT2D eigenvalue weighted by molar-refractivity contribution is 0.713. The third-order valence-electron chi connectivity index (χ3n) is 2.77. The number of benzene rings is 1. The van der Waals surface area contributed by atoms with Gasteiger partial charge in [0.1, 0.15) is 0 Å². The lowest BCUT2D eigenvalue weighted by Crippen LogP contribution is -2.10. The summed E-state index contributed by atoms with van der Waals surface area (Å²) in [6.07, 6.45) is 2.25. The van der Waals surface area contributed by atoms with E-state index in [9.17, 15) is 0 Å². The van der Waals surface area contributed by atoms with Crippen LogP contribution < -0.4 is 10.6 Å². The Kier molecular flexibility index (Phi) is 2.00. The Morgan fingerprint density at radius 3 is 2.85 bits per heavy atom. The molecule has 1 aromatic rings. The topological polar surface area (TPSA) is 29.3 Å². The van der Waals surface area contributed by atoms with Crippen LogP contribution in [0.2, 0.25) is 0 Å². The van der Waals surface area contributed by atoms with Crippen LogP contribution in [0, 0.1) is 0 Å². The number of hydrogen-bond donors (Lipinski definition) is 1. The fraction of sp³-hybridized carbons (Fsp3) is 0.455. The van der Waals surface area contributed by atoms with Gasteiger partial charge in [-0.3, -0.25) is 0 Å². The molecule has 0 bridgehead atoms. The van der Waals surface area contributed by atoms with E-state index in [0.29, 0.717) is 0 Å². The Morgan fingerprint density at radius 1 is 1.38 bits per heavy atom. The maximum Gasteiger partial charge on any atom is 0.0364 e. The Balaban J connectivity index is 2.42. The van der Waals surface area contributed by atoms with E-state index in [-0.39, 0.29) is 6.04 Å². The molecule has 2 N–H and O–H groups in total. The van der Waals surface area contributed by atoms with Gasteiger partial charge < -0.3 is 10.6 Å². The van der Waals surface area contributed by atoms with Gasteiger partial charge in [0.15, 0.2) is 0 Å². The zero-order chi connectivity index (χ0) is 9.42. The molecule has 0 radical (unpaired) electrons. The molecule has 2 heteroatoms. The molecule has 70 valence electrons. The highest BCUT2D eigenvalue weighted by Gasteiger charge is 2.18. The first kappa shape index (κ1) is 8.57. The number of anilines is 1. The summed E-state index contributed by atoms with van der Waals surface area (Å²) < 4.78 is 0. The van der Waals surface area contributed by atoms with Crippen molar-refractivity contribution in [2.75, 3.05) is 19.0 Å². The first-order chi connectivity index (χ1) is 6.18. The summed E-state index contributed by atoms with van der Waals surface area (Å²) in [4.78, 5) is 2.12. The highest BCUT2D eigenvalue weighted by atomic mass is 15.1. The van der Waals surface area contributed by atoms with E-state index in [1.807, 2.05) is 0 Å². The van der Waals surface area contributed by atoms with Crippen LogP contribution in [0.25, 0.3) is 0 Å². The van der Waals surface area contributed by atoms with Crippen LogP contribution in [0.5, 0.6) is 0 Å². The molecule has 0 aliphatic heterocycles. The van der Waals surface area contributed by atoms with Crippen molar-refractivity contribution in [1.29, 1.82) is 0 Å². The van der Waals surface area contributed by atoms with Gasteiger partial charge in [-0.05, 0) is 36.1 Å². The van der Waals surface area contributed by atoms with E-state index in [1.165, 1.54) is 16.8 Å². The van der Waals surface area contributed by atoms with Crippen molar-refractivity contribution in [2.24, 2.45) is 5.73 Å². The predicted molar refractivity (Wildman–Crippen MR) is 56.0 cm³/mol. The van der Waals surface area contributed by atoms with Crippen molar-refractivity contribution in [2.45, 2.75) is 18.9 Å². The third-order valence-corrected chi connectivity index (χ3v) is 2.77. The Labute approximate surface area is 79.4 Å². The summed E-state index contributed by atoms with van der Waals surface area (Å²) in [6.45, 7) is 0. The minimum absolute atomic E-state index is 0.259. The highest BCUT2D eigenvalue weighted by Crippen LogP contribution is 2.31. The molecule has 13 heavy (non-hydrogen) atoms. The molecule has 1 aliphatic rings. The van der Waals surface area contributed by atoms with E-state index in [0.717, 1.165) is 12.8 Å². The fourth-order valence-corrected chi connectivity index (χ4v) is 1.90. The average molecular weight is 176 g/mol. The van der Waals surface area contributed by atoms with Gasteiger partial charge in [0.05, 0.1) is 0 Å². The molecule has 0 saturated carbocycles. The summed E-state index contributed by atoms with van der Waals surface area (Å²) >= 11 is 0. The second-order valence-corrected chi connectivity index (χ2v) is 3.92. The molecule has 0 aromatic heterocycles. The van der Waals surface area contributed by atoms with Crippen LogP contribution in [-0.2, 0) is 6.42 Å². The predicted octanol–water partition coefficient (Wildman–Crippen LogP) is 1.70. The third kappa shape index (κ3) is 1.42. The SMILES string of the molecule is CN(C)c1ccc2c(c1)[C@@H](N)CC2. The Hall–Kier alpha value is -1.02. The van der Waals surface area contributed by atoms with Crippen LogP contribution in [-0.4, -0.2) is 14.1 Å². The zero-order valence-corrected chi connectivity index (χ0v) is 8.25. The minimum atomic E-state index is 0.259. The lowest BCUT2D eigenvalue weighted by Gasteiger charge is -2.14. The fourth-order valence-electron chi connectivity index (χ4n) is 1.90. The van der Waals surface area contributed by atoms with Crippen molar-refractivity contribution < 1.29 is 0 Å². The largest absolute Gasteiger partial charge is 0.378 e.